The van der Waals surface area contributed by atoms with Crippen molar-refractivity contribution in [2.24, 2.45) is 11.8 Å². The van der Waals surface area contributed by atoms with Gasteiger partial charge in [-0.05, 0) is 31.1 Å². The van der Waals surface area contributed by atoms with Crippen molar-refractivity contribution in [3.05, 3.63) is 24.3 Å². The van der Waals surface area contributed by atoms with E-state index in [9.17, 15) is 18.0 Å². The first-order chi connectivity index (χ1) is 9.87. The fourth-order valence-corrected chi connectivity index (χ4v) is 2.07. The molecule has 1 fully saturated rings. The summed E-state index contributed by atoms with van der Waals surface area (Å²) in [4.78, 5) is 12.1. The number of halogens is 5. The van der Waals surface area contributed by atoms with E-state index in [1.54, 1.807) is 18.2 Å². The van der Waals surface area contributed by atoms with E-state index in [0.29, 0.717) is 5.69 Å². The average Bonchev–Trinajstić information content (AvgIpc) is 2.34. The fourth-order valence-electron chi connectivity index (χ4n) is 2.07. The van der Waals surface area contributed by atoms with E-state index in [1.807, 2.05) is 6.92 Å². The summed E-state index contributed by atoms with van der Waals surface area (Å²) in [6.07, 6.45) is -4.30. The predicted molar refractivity (Wildman–Crippen MR) is 89.6 cm³/mol. The molecule has 0 bridgehead atoms. The molecule has 0 aromatic heterocycles. The van der Waals surface area contributed by atoms with Crippen LogP contribution in [-0.2, 0) is 4.79 Å². The first kappa shape index (κ1) is 21.8. The first-order valence-electron chi connectivity index (χ1n) is 6.78. The summed E-state index contributed by atoms with van der Waals surface area (Å²) in [6, 6.07) is 6.39. The van der Waals surface area contributed by atoms with Crippen LogP contribution in [0.5, 0.6) is 0 Å². The number of alkyl halides is 3. The molecule has 3 N–H and O–H groups in total. The fraction of sp³-hybridized carbons (Fsp3) is 0.500. The molecule has 0 spiro atoms. The van der Waals surface area contributed by atoms with E-state index >= 15 is 0 Å². The molecule has 1 amide bonds. The van der Waals surface area contributed by atoms with E-state index in [2.05, 4.69) is 16.0 Å². The van der Waals surface area contributed by atoms with E-state index in [1.165, 1.54) is 6.07 Å². The highest BCUT2D eigenvalue weighted by Gasteiger charge is 2.29. The van der Waals surface area contributed by atoms with Crippen molar-refractivity contribution in [2.75, 3.05) is 30.3 Å². The van der Waals surface area contributed by atoms with Gasteiger partial charge >= 0.3 is 6.18 Å². The van der Waals surface area contributed by atoms with Gasteiger partial charge in [0.2, 0.25) is 5.91 Å². The summed E-state index contributed by atoms with van der Waals surface area (Å²) in [5.74, 6) is -0.0787. The third kappa shape index (κ3) is 6.45. The van der Waals surface area contributed by atoms with Crippen LogP contribution in [0.15, 0.2) is 24.3 Å². The molecule has 1 unspecified atom stereocenters. The maximum atomic E-state index is 12.3. The first-order valence-corrected chi connectivity index (χ1v) is 6.78. The number of anilines is 2. The van der Waals surface area contributed by atoms with Gasteiger partial charge in [0.15, 0.2) is 0 Å². The van der Waals surface area contributed by atoms with Gasteiger partial charge in [-0.3, -0.25) is 4.79 Å². The molecule has 2 rings (SSSR count). The minimum absolute atomic E-state index is 0. The Bertz CT molecular complexity index is 510. The highest BCUT2D eigenvalue weighted by atomic mass is 35.5. The van der Waals surface area contributed by atoms with Gasteiger partial charge in [0.25, 0.3) is 0 Å². The standard InChI is InChI=1S/C14H18F3N3O.2ClH/c1-9(10-6-18-7-10)13(21)20-12-5-3-2-4-11(12)19-8-14(15,16)17;;/h2-5,9-10,18-19H,6-8H2,1H3,(H,20,21);2*1H. The topological polar surface area (TPSA) is 53.2 Å². The maximum absolute atomic E-state index is 12.3. The molecular weight excluding hydrogens is 354 g/mol. The molecular formula is C14H20Cl2F3N3O. The van der Waals surface area contributed by atoms with Gasteiger partial charge in [-0.1, -0.05) is 19.1 Å². The average molecular weight is 374 g/mol. The number of carbonyl (C=O) groups excluding carboxylic acids is 1. The van der Waals surface area contributed by atoms with Crippen molar-refractivity contribution in [3.8, 4) is 0 Å². The highest BCUT2D eigenvalue weighted by molar-refractivity contribution is 5.95. The summed E-state index contributed by atoms with van der Waals surface area (Å²) >= 11 is 0. The molecule has 23 heavy (non-hydrogen) atoms. The molecule has 1 saturated heterocycles. The minimum Gasteiger partial charge on any atom is -0.375 e. The Balaban J connectivity index is 0.00000242. The molecule has 9 heteroatoms. The molecule has 1 aliphatic rings. The molecule has 1 aliphatic heterocycles. The number of benzene rings is 1. The highest BCUT2D eigenvalue weighted by Crippen LogP contribution is 2.25. The number of para-hydroxylation sites is 2. The van der Waals surface area contributed by atoms with Crippen molar-refractivity contribution in [3.63, 3.8) is 0 Å². The van der Waals surface area contributed by atoms with Crippen molar-refractivity contribution < 1.29 is 18.0 Å². The molecule has 0 aliphatic carbocycles. The number of carbonyl (C=O) groups is 1. The van der Waals surface area contributed by atoms with Crippen LogP contribution >= 0.6 is 24.8 Å². The van der Waals surface area contributed by atoms with Crippen LogP contribution in [0.3, 0.4) is 0 Å². The number of rotatable bonds is 5. The van der Waals surface area contributed by atoms with Crippen molar-refractivity contribution in [2.45, 2.75) is 13.1 Å². The molecule has 1 aromatic rings. The van der Waals surface area contributed by atoms with Crippen molar-refractivity contribution in [1.82, 2.24) is 5.32 Å². The Morgan fingerprint density at radius 1 is 1.26 bits per heavy atom. The number of hydrogen-bond acceptors (Lipinski definition) is 3. The van der Waals surface area contributed by atoms with Gasteiger partial charge in [0.05, 0.1) is 11.4 Å². The monoisotopic (exact) mass is 373 g/mol. The van der Waals surface area contributed by atoms with Gasteiger partial charge in [0.1, 0.15) is 6.54 Å². The van der Waals surface area contributed by atoms with Gasteiger partial charge in [-0.25, -0.2) is 0 Å². The van der Waals surface area contributed by atoms with Crippen molar-refractivity contribution >= 4 is 42.1 Å². The van der Waals surface area contributed by atoms with Crippen LogP contribution in [0.25, 0.3) is 0 Å². The van der Waals surface area contributed by atoms with Gasteiger partial charge in [-0.2, -0.15) is 13.2 Å². The molecule has 132 valence electrons. The van der Waals surface area contributed by atoms with Gasteiger partial charge < -0.3 is 16.0 Å². The lowest BCUT2D eigenvalue weighted by atomic mass is 9.88. The third-order valence-corrected chi connectivity index (χ3v) is 3.60. The SMILES string of the molecule is CC(C(=O)Nc1ccccc1NCC(F)(F)F)C1CNC1.Cl.Cl. The normalized spacial score (nSPS) is 15.5. The lowest BCUT2D eigenvalue weighted by Crippen LogP contribution is -2.48. The van der Waals surface area contributed by atoms with Gasteiger partial charge in [-0.15, -0.1) is 24.8 Å². The summed E-state index contributed by atoms with van der Waals surface area (Å²) in [5, 5.41) is 8.09. The Morgan fingerprint density at radius 2 is 1.83 bits per heavy atom. The second-order valence-electron chi connectivity index (χ2n) is 5.21. The zero-order valence-corrected chi connectivity index (χ0v) is 14.1. The molecule has 1 aromatic carbocycles. The summed E-state index contributed by atoms with van der Waals surface area (Å²) in [6.45, 7) is 2.28. The van der Waals surface area contributed by atoms with Crippen LogP contribution in [0.1, 0.15) is 6.92 Å². The van der Waals surface area contributed by atoms with Crippen LogP contribution in [0.4, 0.5) is 24.5 Å². The molecule has 1 heterocycles. The summed E-state index contributed by atoms with van der Waals surface area (Å²) in [5.41, 5.74) is 0.632. The van der Waals surface area contributed by atoms with Gasteiger partial charge in [0, 0.05) is 5.92 Å². The zero-order chi connectivity index (χ0) is 15.5. The Morgan fingerprint density at radius 3 is 2.30 bits per heavy atom. The molecule has 0 radical (unpaired) electrons. The lowest BCUT2D eigenvalue weighted by molar-refractivity contribution is -0.121. The van der Waals surface area contributed by atoms with Crippen LogP contribution in [0.2, 0.25) is 0 Å². The van der Waals surface area contributed by atoms with E-state index in [0.717, 1.165) is 13.1 Å². The lowest BCUT2D eigenvalue weighted by Gasteiger charge is -2.31. The third-order valence-electron chi connectivity index (χ3n) is 3.60. The van der Waals surface area contributed by atoms with E-state index < -0.39 is 12.7 Å². The second-order valence-corrected chi connectivity index (χ2v) is 5.21. The Labute approximate surface area is 145 Å². The Hall–Kier alpha value is -1.18. The molecule has 0 saturated carbocycles. The Kier molecular flexibility index (Phi) is 8.73. The van der Waals surface area contributed by atoms with E-state index in [-0.39, 0.29) is 48.2 Å². The van der Waals surface area contributed by atoms with Crippen LogP contribution in [-0.4, -0.2) is 31.7 Å². The van der Waals surface area contributed by atoms with Crippen LogP contribution < -0.4 is 16.0 Å². The zero-order valence-electron chi connectivity index (χ0n) is 12.4. The molecule has 1 atom stereocenters. The van der Waals surface area contributed by atoms with Crippen molar-refractivity contribution in [1.29, 1.82) is 0 Å². The predicted octanol–water partition coefficient (Wildman–Crippen LogP) is 3.30. The summed E-state index contributed by atoms with van der Waals surface area (Å²) in [7, 11) is 0. The molecule has 4 nitrogen and oxygen atoms in total. The number of nitrogens with one attached hydrogen (secondary N) is 3. The number of amides is 1. The largest absolute Gasteiger partial charge is 0.405 e. The summed E-state index contributed by atoms with van der Waals surface area (Å²) < 4.78 is 36.8. The smallest absolute Gasteiger partial charge is 0.375 e. The quantitative estimate of drug-likeness (QED) is 0.742. The van der Waals surface area contributed by atoms with E-state index in [4.69, 9.17) is 0 Å². The number of hydrogen-bond donors (Lipinski definition) is 3. The second kappa shape index (κ2) is 9.20. The van der Waals surface area contributed by atoms with Crippen LogP contribution in [0, 0.1) is 11.8 Å². The maximum Gasteiger partial charge on any atom is 0.405 e. The minimum atomic E-state index is -4.30.